The fourth-order valence-corrected chi connectivity index (χ4v) is 4.25. The molecule has 43 heavy (non-hydrogen) atoms. The average molecular weight is 610 g/mol. The molecule has 4 rings (SSSR count). The summed E-state index contributed by atoms with van der Waals surface area (Å²) in [5.74, 6) is -9.00. The Hall–Kier alpha value is -4.46. The molecule has 0 heterocycles. The second kappa shape index (κ2) is 12.8. The summed E-state index contributed by atoms with van der Waals surface area (Å²) in [4.78, 5) is 0. The van der Waals surface area contributed by atoms with Crippen molar-refractivity contribution in [2.75, 3.05) is 0 Å². The SMILES string of the molecule is CCCCCc1cc(F)c(-c2ccc(C#Cc3cc(F)c(C(F)(F)Oc4cc(F)c(F)c(F)c4)c(F)c3)c(F)c2)c(F)c1. The molecule has 0 spiro atoms. The van der Waals surface area contributed by atoms with E-state index in [1.807, 2.05) is 6.92 Å². The molecule has 0 fully saturated rings. The Labute approximate surface area is 239 Å². The second-order valence-corrected chi connectivity index (χ2v) is 9.47. The number of benzene rings is 4. The van der Waals surface area contributed by atoms with Crippen molar-refractivity contribution in [3.8, 4) is 28.7 Å². The lowest BCUT2D eigenvalue weighted by molar-refractivity contribution is -0.189. The molecule has 0 saturated heterocycles. The molecule has 1 nitrogen and oxygen atoms in total. The van der Waals surface area contributed by atoms with Gasteiger partial charge in [-0.25, -0.2) is 35.1 Å². The van der Waals surface area contributed by atoms with Crippen LogP contribution in [0.15, 0.2) is 54.6 Å². The van der Waals surface area contributed by atoms with Gasteiger partial charge in [0.25, 0.3) is 0 Å². The summed E-state index contributed by atoms with van der Waals surface area (Å²) in [6.45, 7) is 1.99. The van der Waals surface area contributed by atoms with E-state index < -0.39 is 75.1 Å². The first-order valence-electron chi connectivity index (χ1n) is 12.8. The van der Waals surface area contributed by atoms with Gasteiger partial charge in [-0.15, -0.1) is 0 Å². The van der Waals surface area contributed by atoms with Gasteiger partial charge in [-0.1, -0.05) is 37.7 Å². The van der Waals surface area contributed by atoms with Crippen molar-refractivity contribution < 1.29 is 48.6 Å². The Morgan fingerprint density at radius 1 is 0.651 bits per heavy atom. The molecule has 0 amide bonds. The van der Waals surface area contributed by atoms with Gasteiger partial charge in [-0.2, -0.15) is 8.78 Å². The predicted molar refractivity (Wildman–Crippen MR) is 138 cm³/mol. The summed E-state index contributed by atoms with van der Waals surface area (Å²) < 4.78 is 146. The van der Waals surface area contributed by atoms with Gasteiger partial charge in [0.1, 0.15) is 40.4 Å². The molecule has 0 bridgehead atoms. The van der Waals surface area contributed by atoms with Crippen molar-refractivity contribution in [3.63, 3.8) is 0 Å². The third kappa shape index (κ3) is 7.13. The van der Waals surface area contributed by atoms with Crippen LogP contribution >= 0.6 is 0 Å². The van der Waals surface area contributed by atoms with Gasteiger partial charge >= 0.3 is 6.11 Å². The van der Waals surface area contributed by atoms with Crippen molar-refractivity contribution in [2.24, 2.45) is 0 Å². The molecule has 0 atom stereocenters. The van der Waals surface area contributed by atoms with Crippen LogP contribution in [0.4, 0.5) is 43.9 Å². The van der Waals surface area contributed by atoms with Crippen LogP contribution in [-0.4, -0.2) is 0 Å². The third-order valence-corrected chi connectivity index (χ3v) is 6.31. The molecule has 11 heteroatoms. The Balaban J connectivity index is 1.57. The van der Waals surface area contributed by atoms with E-state index >= 15 is 0 Å². The van der Waals surface area contributed by atoms with Crippen LogP contribution in [0, 0.1) is 58.4 Å². The number of halogens is 10. The molecule has 0 aliphatic carbocycles. The summed E-state index contributed by atoms with van der Waals surface area (Å²) in [6.07, 6.45) is -1.74. The highest BCUT2D eigenvalue weighted by Gasteiger charge is 2.41. The lowest BCUT2D eigenvalue weighted by Crippen LogP contribution is -2.25. The van der Waals surface area contributed by atoms with Crippen LogP contribution in [0.5, 0.6) is 5.75 Å². The minimum absolute atomic E-state index is 0.0637. The number of hydrogen-bond acceptors (Lipinski definition) is 1. The Bertz CT molecular complexity index is 1670. The van der Waals surface area contributed by atoms with E-state index in [1.54, 1.807) is 0 Å². The molecular weight excluding hydrogens is 590 g/mol. The van der Waals surface area contributed by atoms with E-state index in [-0.39, 0.29) is 23.3 Å². The zero-order valence-corrected chi connectivity index (χ0v) is 22.2. The first-order valence-corrected chi connectivity index (χ1v) is 12.8. The van der Waals surface area contributed by atoms with Crippen LogP contribution in [0.25, 0.3) is 11.1 Å². The quantitative estimate of drug-likeness (QED) is 0.0836. The number of alkyl halides is 2. The molecule has 0 aliphatic rings. The summed E-state index contributed by atoms with van der Waals surface area (Å²) in [6, 6.07) is 6.34. The fourth-order valence-electron chi connectivity index (χ4n) is 4.25. The second-order valence-electron chi connectivity index (χ2n) is 9.47. The number of unbranched alkanes of at least 4 members (excludes halogenated alkanes) is 2. The van der Waals surface area contributed by atoms with Crippen LogP contribution in [-0.2, 0) is 12.5 Å². The van der Waals surface area contributed by atoms with E-state index in [9.17, 15) is 43.9 Å². The molecular formula is C32H20F10O. The normalized spacial score (nSPS) is 11.3. The van der Waals surface area contributed by atoms with Gasteiger partial charge in [0, 0.05) is 17.7 Å². The lowest BCUT2D eigenvalue weighted by atomic mass is 9.98. The number of hydrogen-bond donors (Lipinski definition) is 0. The molecule has 0 N–H and O–H groups in total. The smallest absolute Gasteiger partial charge is 0.429 e. The Morgan fingerprint density at radius 2 is 1.26 bits per heavy atom. The Morgan fingerprint density at radius 3 is 1.81 bits per heavy atom. The van der Waals surface area contributed by atoms with Gasteiger partial charge in [0.05, 0.1) is 11.1 Å². The molecule has 4 aromatic carbocycles. The first-order chi connectivity index (χ1) is 20.3. The summed E-state index contributed by atoms with van der Waals surface area (Å²) in [7, 11) is 0. The van der Waals surface area contributed by atoms with Crippen LogP contribution in [0.1, 0.15) is 48.4 Å². The number of rotatable bonds is 8. The highest BCUT2D eigenvalue weighted by Crippen LogP contribution is 2.36. The highest BCUT2D eigenvalue weighted by atomic mass is 19.3. The molecule has 4 aromatic rings. The molecule has 0 aromatic heterocycles. The zero-order valence-electron chi connectivity index (χ0n) is 22.2. The first kappa shape index (κ1) is 31.5. The van der Waals surface area contributed by atoms with Crippen molar-refractivity contribution in [3.05, 3.63) is 123 Å². The highest BCUT2D eigenvalue weighted by molar-refractivity contribution is 5.66. The van der Waals surface area contributed by atoms with Crippen molar-refractivity contribution in [1.82, 2.24) is 0 Å². The maximum absolute atomic E-state index is 14.8. The third-order valence-electron chi connectivity index (χ3n) is 6.31. The van der Waals surface area contributed by atoms with Crippen molar-refractivity contribution in [1.29, 1.82) is 0 Å². The predicted octanol–water partition coefficient (Wildman–Crippen LogP) is 9.73. The largest absolute Gasteiger partial charge is 0.432 e. The summed E-state index contributed by atoms with van der Waals surface area (Å²) >= 11 is 0. The monoisotopic (exact) mass is 610 g/mol. The van der Waals surface area contributed by atoms with E-state index in [0.29, 0.717) is 24.1 Å². The van der Waals surface area contributed by atoms with Crippen LogP contribution < -0.4 is 4.74 Å². The summed E-state index contributed by atoms with van der Waals surface area (Å²) in [5.41, 5.74) is -2.89. The van der Waals surface area contributed by atoms with Crippen LogP contribution in [0.3, 0.4) is 0 Å². The minimum atomic E-state index is -4.79. The van der Waals surface area contributed by atoms with Crippen molar-refractivity contribution >= 4 is 0 Å². The Kier molecular flexibility index (Phi) is 9.38. The fraction of sp³-hybridized carbons (Fsp3) is 0.188. The summed E-state index contributed by atoms with van der Waals surface area (Å²) in [5, 5.41) is 0. The van der Waals surface area contributed by atoms with Crippen molar-refractivity contribution in [2.45, 2.75) is 38.7 Å². The molecule has 0 aliphatic heterocycles. The molecule has 224 valence electrons. The topological polar surface area (TPSA) is 9.23 Å². The van der Waals surface area contributed by atoms with Gasteiger partial charge in [0.15, 0.2) is 17.5 Å². The van der Waals surface area contributed by atoms with E-state index in [4.69, 9.17) is 0 Å². The van der Waals surface area contributed by atoms with Gasteiger partial charge in [-0.3, -0.25) is 0 Å². The maximum atomic E-state index is 14.8. The maximum Gasteiger partial charge on any atom is 0.432 e. The van der Waals surface area contributed by atoms with Gasteiger partial charge in [-0.05, 0) is 60.4 Å². The van der Waals surface area contributed by atoms with Gasteiger partial charge in [0.2, 0.25) is 0 Å². The van der Waals surface area contributed by atoms with Gasteiger partial charge < -0.3 is 4.74 Å². The van der Waals surface area contributed by atoms with E-state index in [0.717, 1.165) is 31.4 Å². The molecule has 0 radical (unpaired) electrons. The number of aryl methyl sites for hydroxylation is 1. The zero-order chi connectivity index (χ0) is 31.5. The van der Waals surface area contributed by atoms with E-state index in [2.05, 4.69) is 16.6 Å². The van der Waals surface area contributed by atoms with Crippen LogP contribution in [0.2, 0.25) is 0 Å². The molecule has 0 saturated carbocycles. The minimum Gasteiger partial charge on any atom is -0.429 e. The lowest BCUT2D eigenvalue weighted by Gasteiger charge is -2.19. The number of ether oxygens (including phenoxy) is 1. The molecule has 0 unspecified atom stereocenters. The standard InChI is InChI=1S/C32H20F10O/c1-2-3-4-5-17-10-23(34)29(24(35)11-17)20-9-8-19(22(33)14-20)7-6-18-12-25(36)30(26(37)13-18)32(41,42)43-21-15-27(38)31(40)28(39)16-21/h8-16H,2-5H2,1H3. The van der Waals surface area contributed by atoms with E-state index in [1.165, 1.54) is 18.2 Å². The average Bonchev–Trinajstić information content (AvgIpc) is 2.90.